The monoisotopic (exact) mass is 353 g/mol. The van der Waals surface area contributed by atoms with Crippen molar-refractivity contribution in [3.63, 3.8) is 0 Å². The van der Waals surface area contributed by atoms with Crippen molar-refractivity contribution in [3.8, 4) is 0 Å². The molecule has 0 bridgehead atoms. The standard InChI is InChI=1S/C12H17Cl2N3O3S/c1-3-17(4-2)10(18)7-16-21(19,20)9-6-5-8(13)12(15)11(9)14/h5-6,16H,3-4,7,15H2,1-2H3. The topological polar surface area (TPSA) is 92.5 Å². The highest BCUT2D eigenvalue weighted by Gasteiger charge is 2.22. The Balaban J connectivity index is 2.93. The zero-order valence-electron chi connectivity index (χ0n) is 11.7. The van der Waals surface area contributed by atoms with Gasteiger partial charge in [-0.3, -0.25) is 4.79 Å². The summed E-state index contributed by atoms with van der Waals surface area (Å²) < 4.78 is 26.5. The molecule has 1 rings (SSSR count). The first-order valence-corrected chi connectivity index (χ1v) is 8.49. The number of nitrogens with one attached hydrogen (secondary N) is 1. The van der Waals surface area contributed by atoms with Gasteiger partial charge in [-0.05, 0) is 26.0 Å². The lowest BCUT2D eigenvalue weighted by molar-refractivity contribution is -0.129. The van der Waals surface area contributed by atoms with Crippen LogP contribution in [-0.4, -0.2) is 38.9 Å². The fourth-order valence-electron chi connectivity index (χ4n) is 1.68. The Labute approximate surface area is 134 Å². The molecule has 1 aromatic carbocycles. The summed E-state index contributed by atoms with van der Waals surface area (Å²) in [6, 6.07) is 2.58. The minimum absolute atomic E-state index is 0.0173. The van der Waals surface area contributed by atoms with Crippen LogP contribution in [0.1, 0.15) is 13.8 Å². The summed E-state index contributed by atoms with van der Waals surface area (Å²) in [5.41, 5.74) is 5.58. The molecule has 0 radical (unpaired) electrons. The maximum atomic E-state index is 12.2. The Hall–Kier alpha value is -1.02. The van der Waals surface area contributed by atoms with Crippen molar-refractivity contribution in [2.45, 2.75) is 18.7 Å². The molecule has 0 unspecified atom stereocenters. The molecular weight excluding hydrogens is 337 g/mol. The fourth-order valence-corrected chi connectivity index (χ4v) is 3.42. The minimum Gasteiger partial charge on any atom is -0.396 e. The van der Waals surface area contributed by atoms with Crippen LogP contribution in [0.2, 0.25) is 10.0 Å². The lowest BCUT2D eigenvalue weighted by Crippen LogP contribution is -2.40. The Morgan fingerprint density at radius 1 is 1.29 bits per heavy atom. The molecule has 0 heterocycles. The van der Waals surface area contributed by atoms with Crippen LogP contribution in [0.3, 0.4) is 0 Å². The van der Waals surface area contributed by atoms with Gasteiger partial charge in [0.05, 0.1) is 22.3 Å². The second-order valence-electron chi connectivity index (χ2n) is 4.16. The summed E-state index contributed by atoms with van der Waals surface area (Å²) >= 11 is 11.6. The number of anilines is 1. The van der Waals surface area contributed by atoms with Crippen molar-refractivity contribution >= 4 is 44.8 Å². The zero-order chi connectivity index (χ0) is 16.2. The van der Waals surface area contributed by atoms with Crippen LogP contribution in [0, 0.1) is 0 Å². The van der Waals surface area contributed by atoms with Gasteiger partial charge >= 0.3 is 0 Å². The van der Waals surface area contributed by atoms with E-state index in [1.165, 1.54) is 17.0 Å². The van der Waals surface area contributed by atoms with E-state index >= 15 is 0 Å². The summed E-state index contributed by atoms with van der Waals surface area (Å²) in [5, 5.41) is 0.00320. The van der Waals surface area contributed by atoms with E-state index in [4.69, 9.17) is 28.9 Å². The third kappa shape index (κ3) is 4.23. The number of halogens is 2. The van der Waals surface area contributed by atoms with Crippen molar-refractivity contribution in [2.24, 2.45) is 0 Å². The van der Waals surface area contributed by atoms with Crippen molar-refractivity contribution < 1.29 is 13.2 Å². The van der Waals surface area contributed by atoms with E-state index in [2.05, 4.69) is 4.72 Å². The number of hydrogen-bond donors (Lipinski definition) is 2. The number of rotatable bonds is 6. The number of likely N-dealkylation sites (N-methyl/N-ethyl adjacent to an activating group) is 1. The van der Waals surface area contributed by atoms with Gasteiger partial charge in [-0.2, -0.15) is 0 Å². The molecule has 9 heteroatoms. The molecule has 6 nitrogen and oxygen atoms in total. The number of carbonyl (C=O) groups is 1. The van der Waals surface area contributed by atoms with Gasteiger partial charge in [-0.15, -0.1) is 0 Å². The molecule has 118 valence electrons. The zero-order valence-corrected chi connectivity index (χ0v) is 14.0. The normalized spacial score (nSPS) is 11.4. The minimum atomic E-state index is -3.94. The number of amides is 1. The molecule has 0 saturated heterocycles. The van der Waals surface area contributed by atoms with E-state index in [1.54, 1.807) is 0 Å². The van der Waals surface area contributed by atoms with Gasteiger partial charge in [-0.1, -0.05) is 23.2 Å². The average Bonchev–Trinajstić information content (AvgIpc) is 2.44. The van der Waals surface area contributed by atoms with Crippen molar-refractivity contribution in [2.75, 3.05) is 25.4 Å². The molecule has 0 aromatic heterocycles. The summed E-state index contributed by atoms with van der Waals surface area (Å²) in [4.78, 5) is 13.1. The maximum absolute atomic E-state index is 12.2. The summed E-state index contributed by atoms with van der Waals surface area (Å²) in [6.45, 7) is 4.29. The van der Waals surface area contributed by atoms with Crippen LogP contribution >= 0.6 is 23.2 Å². The third-order valence-corrected chi connectivity index (χ3v) is 5.20. The predicted molar refractivity (Wildman–Crippen MR) is 84.0 cm³/mol. The first kappa shape index (κ1) is 18.0. The van der Waals surface area contributed by atoms with Crippen molar-refractivity contribution in [3.05, 3.63) is 22.2 Å². The third-order valence-electron chi connectivity index (χ3n) is 2.91. The largest absolute Gasteiger partial charge is 0.396 e. The van der Waals surface area contributed by atoms with Crippen molar-refractivity contribution in [1.82, 2.24) is 9.62 Å². The summed E-state index contributed by atoms with van der Waals surface area (Å²) in [7, 11) is -3.94. The average molecular weight is 354 g/mol. The van der Waals surface area contributed by atoms with Gasteiger partial charge in [0.15, 0.2) is 0 Å². The first-order chi connectivity index (χ1) is 9.74. The molecule has 0 spiro atoms. The van der Waals surface area contributed by atoms with Crippen LogP contribution in [0.15, 0.2) is 17.0 Å². The second-order valence-corrected chi connectivity index (χ2v) is 6.68. The van der Waals surface area contributed by atoms with E-state index in [0.717, 1.165) is 0 Å². The lowest BCUT2D eigenvalue weighted by Gasteiger charge is -2.19. The van der Waals surface area contributed by atoms with Crippen molar-refractivity contribution in [1.29, 1.82) is 0 Å². The number of nitrogens with two attached hydrogens (primary N) is 1. The number of sulfonamides is 1. The molecule has 0 aliphatic heterocycles. The maximum Gasteiger partial charge on any atom is 0.242 e. The molecule has 0 aliphatic carbocycles. The van der Waals surface area contributed by atoms with Crippen LogP contribution in [-0.2, 0) is 14.8 Å². The van der Waals surface area contributed by atoms with E-state index in [9.17, 15) is 13.2 Å². The summed E-state index contributed by atoms with van der Waals surface area (Å²) in [6.07, 6.45) is 0. The Morgan fingerprint density at radius 3 is 2.38 bits per heavy atom. The highest BCUT2D eigenvalue weighted by Crippen LogP contribution is 2.32. The lowest BCUT2D eigenvalue weighted by atomic mass is 10.3. The molecule has 21 heavy (non-hydrogen) atoms. The fraction of sp³-hybridized carbons (Fsp3) is 0.417. The Kier molecular flexibility index (Phi) is 6.27. The van der Waals surface area contributed by atoms with Gasteiger partial charge < -0.3 is 10.6 Å². The number of nitrogen functional groups attached to an aromatic ring is 1. The molecule has 3 N–H and O–H groups in total. The number of benzene rings is 1. The van der Waals surface area contributed by atoms with Crippen LogP contribution in [0.4, 0.5) is 5.69 Å². The van der Waals surface area contributed by atoms with Gasteiger partial charge in [-0.25, -0.2) is 13.1 Å². The van der Waals surface area contributed by atoms with E-state index in [0.29, 0.717) is 13.1 Å². The highest BCUT2D eigenvalue weighted by molar-refractivity contribution is 7.89. The number of nitrogens with zero attached hydrogens (tertiary/aromatic N) is 1. The van der Waals surface area contributed by atoms with Crippen LogP contribution in [0.25, 0.3) is 0 Å². The van der Waals surface area contributed by atoms with Gasteiger partial charge in [0.2, 0.25) is 15.9 Å². The Morgan fingerprint density at radius 2 is 1.86 bits per heavy atom. The van der Waals surface area contributed by atoms with Gasteiger partial charge in [0.25, 0.3) is 0 Å². The quantitative estimate of drug-likeness (QED) is 0.761. The Bertz CT molecular complexity index is 631. The van der Waals surface area contributed by atoms with E-state index in [-0.39, 0.29) is 33.1 Å². The first-order valence-electron chi connectivity index (χ1n) is 6.25. The van der Waals surface area contributed by atoms with Crippen LogP contribution < -0.4 is 10.5 Å². The summed E-state index contributed by atoms with van der Waals surface area (Å²) in [5.74, 6) is -0.318. The number of hydrogen-bond acceptors (Lipinski definition) is 4. The number of carbonyl (C=O) groups excluding carboxylic acids is 1. The molecule has 0 aliphatic rings. The molecule has 0 atom stereocenters. The second kappa shape index (κ2) is 7.31. The predicted octanol–water partition coefficient (Wildman–Crippen LogP) is 1.72. The van der Waals surface area contributed by atoms with E-state index in [1.807, 2.05) is 13.8 Å². The van der Waals surface area contributed by atoms with Gasteiger partial charge in [0.1, 0.15) is 4.90 Å². The SMILES string of the molecule is CCN(CC)C(=O)CNS(=O)(=O)c1ccc(Cl)c(N)c1Cl. The smallest absolute Gasteiger partial charge is 0.242 e. The molecule has 0 saturated carbocycles. The molecule has 0 fully saturated rings. The van der Waals surface area contributed by atoms with Gasteiger partial charge in [0, 0.05) is 13.1 Å². The highest BCUT2D eigenvalue weighted by atomic mass is 35.5. The molecular formula is C12H17Cl2N3O3S. The molecule has 1 amide bonds. The molecule has 1 aromatic rings. The van der Waals surface area contributed by atoms with E-state index < -0.39 is 10.0 Å². The van der Waals surface area contributed by atoms with Crippen LogP contribution in [0.5, 0.6) is 0 Å².